The predicted molar refractivity (Wildman–Crippen MR) is 123 cm³/mol. The first kappa shape index (κ1) is 23.7. The van der Waals surface area contributed by atoms with Crippen molar-refractivity contribution in [1.29, 1.82) is 0 Å². The molecule has 3 aliphatic heterocycles. The van der Waals surface area contributed by atoms with E-state index in [0.717, 1.165) is 64.7 Å². The molecule has 0 radical (unpaired) electrons. The number of ether oxygens (including phenoxy) is 1. The van der Waals surface area contributed by atoms with Crippen molar-refractivity contribution in [1.82, 2.24) is 20.0 Å². The van der Waals surface area contributed by atoms with Crippen molar-refractivity contribution >= 4 is 35.8 Å². The van der Waals surface area contributed by atoms with Crippen molar-refractivity contribution in [3.8, 4) is 0 Å². The highest BCUT2D eigenvalue weighted by Gasteiger charge is 2.31. The van der Waals surface area contributed by atoms with Gasteiger partial charge in [-0.15, -0.1) is 24.0 Å². The Hall–Kier alpha value is -0.610. The summed E-state index contributed by atoms with van der Waals surface area (Å²) in [6.45, 7) is 10.8. The number of nitrogens with one attached hydrogen (secondary N) is 1. The maximum atomic E-state index is 12.5. The predicted octanol–water partition coefficient (Wildman–Crippen LogP) is 1.63. The number of carbonyl (C=O) groups is 1. The molecule has 0 spiro atoms. The number of piperazine rings is 1. The molecule has 1 amide bonds. The van der Waals surface area contributed by atoms with E-state index in [2.05, 4.69) is 27.0 Å². The highest BCUT2D eigenvalue weighted by Crippen LogP contribution is 2.16. The quantitative estimate of drug-likeness (QED) is 0.348. The summed E-state index contributed by atoms with van der Waals surface area (Å²) in [6, 6.07) is 0. The summed E-state index contributed by atoms with van der Waals surface area (Å²) in [7, 11) is 1.85. The van der Waals surface area contributed by atoms with Gasteiger partial charge in [0.15, 0.2) is 5.96 Å². The van der Waals surface area contributed by atoms with Gasteiger partial charge in [0.25, 0.3) is 5.91 Å². The van der Waals surface area contributed by atoms with Crippen LogP contribution in [0.25, 0.3) is 0 Å². The topological polar surface area (TPSA) is 60.4 Å². The zero-order valence-electron chi connectivity index (χ0n) is 17.6. The van der Waals surface area contributed by atoms with Crippen LogP contribution in [0.15, 0.2) is 4.99 Å². The fourth-order valence-electron chi connectivity index (χ4n) is 4.36. The molecular formula is C20H38IN5O2. The number of hydrogen-bond acceptors (Lipinski definition) is 4. The Morgan fingerprint density at radius 3 is 2.36 bits per heavy atom. The third-order valence-electron chi connectivity index (χ3n) is 5.93. The third kappa shape index (κ3) is 6.73. The molecule has 0 aromatic rings. The smallest absolute Gasteiger partial charge is 0.251 e. The molecule has 2 atom stereocenters. The maximum Gasteiger partial charge on any atom is 0.251 e. The minimum Gasteiger partial charge on any atom is -0.368 e. The van der Waals surface area contributed by atoms with E-state index in [0.29, 0.717) is 5.92 Å². The number of likely N-dealkylation sites (tertiary alicyclic amines) is 1. The average Bonchev–Trinajstić information content (AvgIpc) is 3.24. The molecule has 3 fully saturated rings. The second-order valence-electron chi connectivity index (χ2n) is 8.21. The molecule has 3 rings (SSSR count). The third-order valence-corrected chi connectivity index (χ3v) is 5.93. The highest BCUT2D eigenvalue weighted by atomic mass is 127. The van der Waals surface area contributed by atoms with Crippen molar-refractivity contribution in [2.45, 2.75) is 45.1 Å². The Balaban J connectivity index is 0.00000280. The SMILES string of the molecule is CN=C(NCC(C)CN1CCCCC1)N1CCN(C(=O)C2CCCO2)CC1.I. The second kappa shape index (κ2) is 12.2. The molecule has 162 valence electrons. The van der Waals surface area contributed by atoms with Crippen LogP contribution < -0.4 is 5.32 Å². The van der Waals surface area contributed by atoms with Crippen LogP contribution in [0.5, 0.6) is 0 Å². The molecule has 0 aliphatic carbocycles. The van der Waals surface area contributed by atoms with Crippen LogP contribution in [0.3, 0.4) is 0 Å². The van der Waals surface area contributed by atoms with E-state index < -0.39 is 0 Å². The summed E-state index contributed by atoms with van der Waals surface area (Å²) in [5.74, 6) is 1.73. The highest BCUT2D eigenvalue weighted by molar-refractivity contribution is 14.0. The minimum absolute atomic E-state index is 0. The molecule has 0 aromatic carbocycles. The lowest BCUT2D eigenvalue weighted by Crippen LogP contribution is -2.55. The first-order chi connectivity index (χ1) is 13.2. The van der Waals surface area contributed by atoms with Crippen LogP contribution in [-0.4, -0.2) is 98.7 Å². The van der Waals surface area contributed by atoms with E-state index in [-0.39, 0.29) is 36.0 Å². The van der Waals surface area contributed by atoms with Crippen molar-refractivity contribution < 1.29 is 9.53 Å². The Labute approximate surface area is 187 Å². The van der Waals surface area contributed by atoms with Crippen LogP contribution in [0.4, 0.5) is 0 Å². The lowest BCUT2D eigenvalue weighted by atomic mass is 10.1. The van der Waals surface area contributed by atoms with Gasteiger partial charge in [0.2, 0.25) is 0 Å². The number of aliphatic imine (C=N–C) groups is 1. The van der Waals surface area contributed by atoms with Gasteiger partial charge in [-0.1, -0.05) is 13.3 Å². The maximum absolute atomic E-state index is 12.5. The largest absolute Gasteiger partial charge is 0.368 e. The Kier molecular flexibility index (Phi) is 10.3. The summed E-state index contributed by atoms with van der Waals surface area (Å²) in [4.78, 5) is 23.8. The molecule has 1 N–H and O–H groups in total. The standard InChI is InChI=1S/C20H37N5O2.HI/c1-17(16-23-8-4-3-5-9-23)15-22-20(21-2)25-12-10-24(11-13-25)19(26)18-7-6-14-27-18;/h17-18H,3-16H2,1-2H3,(H,21,22);1H. The van der Waals surface area contributed by atoms with Crippen LogP contribution in [0.1, 0.15) is 39.0 Å². The Morgan fingerprint density at radius 1 is 1.07 bits per heavy atom. The monoisotopic (exact) mass is 507 g/mol. The molecule has 8 heteroatoms. The molecule has 0 aromatic heterocycles. The van der Waals surface area contributed by atoms with Gasteiger partial charge >= 0.3 is 0 Å². The average molecular weight is 507 g/mol. The number of amides is 1. The molecule has 3 saturated heterocycles. The normalized spacial score (nSPS) is 25.4. The van der Waals surface area contributed by atoms with Gasteiger partial charge in [-0.3, -0.25) is 9.79 Å². The van der Waals surface area contributed by atoms with Crippen molar-refractivity contribution in [3.05, 3.63) is 0 Å². The van der Waals surface area contributed by atoms with Gasteiger partial charge in [-0.2, -0.15) is 0 Å². The fourth-order valence-corrected chi connectivity index (χ4v) is 4.36. The molecule has 28 heavy (non-hydrogen) atoms. The summed E-state index contributed by atoms with van der Waals surface area (Å²) >= 11 is 0. The number of carbonyl (C=O) groups excluding carboxylic acids is 1. The first-order valence-corrected chi connectivity index (χ1v) is 10.8. The fraction of sp³-hybridized carbons (Fsp3) is 0.900. The van der Waals surface area contributed by atoms with Crippen LogP contribution in [0, 0.1) is 5.92 Å². The molecule has 0 bridgehead atoms. The molecule has 0 saturated carbocycles. The Morgan fingerprint density at radius 2 is 1.75 bits per heavy atom. The molecule has 3 heterocycles. The zero-order chi connectivity index (χ0) is 19.1. The van der Waals surface area contributed by atoms with Gasteiger partial charge < -0.3 is 24.8 Å². The molecular weight excluding hydrogens is 469 g/mol. The van der Waals surface area contributed by atoms with Gasteiger partial charge in [0.1, 0.15) is 6.10 Å². The number of guanidine groups is 1. The zero-order valence-corrected chi connectivity index (χ0v) is 19.9. The number of hydrogen-bond donors (Lipinski definition) is 1. The number of piperidine rings is 1. The van der Waals surface area contributed by atoms with E-state index in [4.69, 9.17) is 4.74 Å². The molecule has 2 unspecified atom stereocenters. The van der Waals surface area contributed by atoms with Crippen molar-refractivity contribution in [2.24, 2.45) is 10.9 Å². The van der Waals surface area contributed by atoms with Crippen LogP contribution in [-0.2, 0) is 9.53 Å². The molecule has 7 nitrogen and oxygen atoms in total. The first-order valence-electron chi connectivity index (χ1n) is 10.8. The van der Waals surface area contributed by atoms with Gasteiger partial charge in [-0.05, 0) is 44.7 Å². The van der Waals surface area contributed by atoms with E-state index >= 15 is 0 Å². The van der Waals surface area contributed by atoms with E-state index in [1.165, 1.54) is 32.4 Å². The Bertz CT molecular complexity index is 499. The van der Waals surface area contributed by atoms with Crippen molar-refractivity contribution in [2.75, 3.05) is 66.0 Å². The van der Waals surface area contributed by atoms with E-state index in [1.54, 1.807) is 0 Å². The molecule has 3 aliphatic rings. The van der Waals surface area contributed by atoms with Crippen molar-refractivity contribution in [3.63, 3.8) is 0 Å². The van der Waals surface area contributed by atoms with Crippen LogP contribution >= 0.6 is 24.0 Å². The lowest BCUT2D eigenvalue weighted by molar-refractivity contribution is -0.142. The van der Waals surface area contributed by atoms with E-state index in [1.807, 2.05) is 11.9 Å². The van der Waals surface area contributed by atoms with Crippen LogP contribution in [0.2, 0.25) is 0 Å². The summed E-state index contributed by atoms with van der Waals surface area (Å²) in [5.41, 5.74) is 0. The summed E-state index contributed by atoms with van der Waals surface area (Å²) < 4.78 is 5.55. The summed E-state index contributed by atoms with van der Waals surface area (Å²) in [6.07, 6.45) is 5.74. The van der Waals surface area contributed by atoms with Gasteiger partial charge in [0.05, 0.1) is 0 Å². The number of halogens is 1. The number of rotatable bonds is 5. The summed E-state index contributed by atoms with van der Waals surface area (Å²) in [5, 5.41) is 3.55. The number of nitrogens with zero attached hydrogens (tertiary/aromatic N) is 4. The second-order valence-corrected chi connectivity index (χ2v) is 8.21. The minimum atomic E-state index is -0.204. The lowest BCUT2D eigenvalue weighted by Gasteiger charge is -2.37. The van der Waals surface area contributed by atoms with E-state index in [9.17, 15) is 4.79 Å². The van der Waals surface area contributed by atoms with Gasteiger partial charge in [0, 0.05) is 52.9 Å². The van der Waals surface area contributed by atoms with Gasteiger partial charge in [-0.25, -0.2) is 0 Å².